The standard InChI is InChI=1S/C16H18O5P/c1-18-11-5-12(19-2)8-15(7-11)22(17)16-9-13(20-3)6-14(10-16)21-4/h5-10H,1-4H3/q+1. The molecular formula is C16H18O5P+. The quantitative estimate of drug-likeness (QED) is 0.765. The summed E-state index contributed by atoms with van der Waals surface area (Å²) >= 11 is 0. The van der Waals surface area contributed by atoms with Crippen LogP contribution in [0.4, 0.5) is 0 Å². The molecule has 116 valence electrons. The minimum absolute atomic E-state index is 0.590. The molecule has 0 unspecified atom stereocenters. The van der Waals surface area contributed by atoms with Crippen LogP contribution in [0.1, 0.15) is 0 Å². The monoisotopic (exact) mass is 321 g/mol. The van der Waals surface area contributed by atoms with E-state index in [1.54, 1.807) is 64.8 Å². The lowest BCUT2D eigenvalue weighted by Gasteiger charge is -2.05. The maximum Gasteiger partial charge on any atom is 0.415 e. The van der Waals surface area contributed by atoms with Gasteiger partial charge in [0.05, 0.1) is 28.4 Å². The predicted octanol–water partition coefficient (Wildman–Crippen LogP) is 2.50. The number of hydrogen-bond acceptors (Lipinski definition) is 5. The lowest BCUT2D eigenvalue weighted by atomic mass is 10.3. The molecule has 0 aliphatic rings. The summed E-state index contributed by atoms with van der Waals surface area (Å²) in [6.07, 6.45) is 0. The minimum Gasteiger partial charge on any atom is -0.496 e. The summed E-state index contributed by atoms with van der Waals surface area (Å²) in [5.74, 6) is 2.36. The zero-order chi connectivity index (χ0) is 16.1. The summed E-state index contributed by atoms with van der Waals surface area (Å²) < 4.78 is 33.7. The number of rotatable bonds is 6. The molecule has 0 saturated heterocycles. The number of hydrogen-bond donors (Lipinski definition) is 0. The fraction of sp³-hybridized carbons (Fsp3) is 0.250. The average Bonchev–Trinajstić information content (AvgIpc) is 2.59. The first kappa shape index (κ1) is 16.1. The molecule has 0 aliphatic heterocycles. The summed E-state index contributed by atoms with van der Waals surface area (Å²) in [6.45, 7) is 0. The third kappa shape index (κ3) is 3.49. The van der Waals surface area contributed by atoms with Crippen LogP contribution in [0.25, 0.3) is 0 Å². The van der Waals surface area contributed by atoms with E-state index >= 15 is 0 Å². The van der Waals surface area contributed by atoms with Gasteiger partial charge in [0.15, 0.2) is 0 Å². The summed E-state index contributed by atoms with van der Waals surface area (Å²) in [6, 6.07) is 10.4. The van der Waals surface area contributed by atoms with Crippen molar-refractivity contribution in [2.24, 2.45) is 0 Å². The summed E-state index contributed by atoms with van der Waals surface area (Å²) in [7, 11) is 4.39. The second-order valence-electron chi connectivity index (χ2n) is 4.44. The van der Waals surface area contributed by atoms with Gasteiger partial charge < -0.3 is 18.9 Å². The van der Waals surface area contributed by atoms with Gasteiger partial charge in [0.2, 0.25) is 10.6 Å². The maximum absolute atomic E-state index is 12.8. The first-order valence-corrected chi connectivity index (χ1v) is 7.80. The van der Waals surface area contributed by atoms with Crippen LogP contribution in [-0.4, -0.2) is 28.4 Å². The molecule has 0 bridgehead atoms. The number of ether oxygens (including phenoxy) is 4. The normalized spacial score (nSPS) is 10.0. The third-order valence-corrected chi connectivity index (χ3v) is 4.60. The largest absolute Gasteiger partial charge is 0.496 e. The van der Waals surface area contributed by atoms with E-state index in [0.29, 0.717) is 33.6 Å². The molecule has 22 heavy (non-hydrogen) atoms. The Hall–Kier alpha value is -2.26. The van der Waals surface area contributed by atoms with Crippen molar-refractivity contribution in [2.75, 3.05) is 28.4 Å². The maximum atomic E-state index is 12.8. The molecule has 2 rings (SSSR count). The van der Waals surface area contributed by atoms with E-state index in [9.17, 15) is 4.57 Å². The molecular weight excluding hydrogens is 303 g/mol. The van der Waals surface area contributed by atoms with Crippen molar-refractivity contribution in [3.05, 3.63) is 36.4 Å². The lowest BCUT2D eigenvalue weighted by Crippen LogP contribution is -2.09. The van der Waals surface area contributed by atoms with Crippen LogP contribution in [0, 0.1) is 0 Å². The molecule has 0 aliphatic carbocycles. The van der Waals surface area contributed by atoms with Crippen LogP contribution >= 0.6 is 7.80 Å². The summed E-state index contributed by atoms with van der Waals surface area (Å²) in [4.78, 5) is 0. The Balaban J connectivity index is 2.47. The van der Waals surface area contributed by atoms with Gasteiger partial charge in [-0.15, -0.1) is 0 Å². The molecule has 5 nitrogen and oxygen atoms in total. The Labute approximate surface area is 130 Å². The van der Waals surface area contributed by atoms with Gasteiger partial charge in [-0.05, 0) is 0 Å². The van der Waals surface area contributed by atoms with E-state index in [1.807, 2.05) is 0 Å². The summed E-state index contributed by atoms with van der Waals surface area (Å²) in [5.41, 5.74) is 0. The van der Waals surface area contributed by atoms with Crippen molar-refractivity contribution in [1.29, 1.82) is 0 Å². The van der Waals surface area contributed by atoms with Gasteiger partial charge in [-0.1, -0.05) is 4.57 Å². The van der Waals surface area contributed by atoms with Gasteiger partial charge in [-0.2, -0.15) is 0 Å². The van der Waals surface area contributed by atoms with Crippen LogP contribution in [0.5, 0.6) is 23.0 Å². The summed E-state index contributed by atoms with van der Waals surface area (Å²) in [5, 5.41) is 1.23. The molecule has 6 heteroatoms. The van der Waals surface area contributed by atoms with Crippen molar-refractivity contribution in [3.8, 4) is 23.0 Å². The Morgan fingerprint density at radius 1 is 0.591 bits per heavy atom. The van der Waals surface area contributed by atoms with E-state index in [4.69, 9.17) is 18.9 Å². The molecule has 0 saturated carbocycles. The SMILES string of the molecule is COc1cc(OC)cc([P+](=O)c2cc(OC)cc(OC)c2)c1. The average molecular weight is 321 g/mol. The minimum atomic E-state index is -1.83. The Morgan fingerprint density at radius 3 is 1.09 bits per heavy atom. The van der Waals surface area contributed by atoms with Crippen molar-refractivity contribution in [3.63, 3.8) is 0 Å². The molecule has 2 aromatic carbocycles. The van der Waals surface area contributed by atoms with Crippen LogP contribution in [0.2, 0.25) is 0 Å². The molecule has 0 radical (unpaired) electrons. The third-order valence-electron chi connectivity index (χ3n) is 3.14. The molecule has 0 atom stereocenters. The highest BCUT2D eigenvalue weighted by molar-refractivity contribution is 7.61. The van der Waals surface area contributed by atoms with E-state index in [-0.39, 0.29) is 0 Å². The van der Waals surface area contributed by atoms with E-state index in [2.05, 4.69) is 0 Å². The molecule has 0 heterocycles. The second-order valence-corrected chi connectivity index (χ2v) is 6.06. The Kier molecular flexibility index (Phi) is 5.23. The van der Waals surface area contributed by atoms with Gasteiger partial charge in [-0.3, -0.25) is 0 Å². The predicted molar refractivity (Wildman–Crippen MR) is 86.0 cm³/mol. The lowest BCUT2D eigenvalue weighted by molar-refractivity contribution is 0.395. The van der Waals surface area contributed by atoms with Crippen LogP contribution < -0.4 is 29.6 Å². The van der Waals surface area contributed by atoms with Gasteiger partial charge in [0.1, 0.15) is 23.0 Å². The van der Waals surface area contributed by atoms with Gasteiger partial charge >= 0.3 is 7.80 Å². The van der Waals surface area contributed by atoms with Crippen LogP contribution in [0.15, 0.2) is 36.4 Å². The van der Waals surface area contributed by atoms with E-state index in [0.717, 1.165) is 0 Å². The molecule has 0 spiro atoms. The highest BCUT2D eigenvalue weighted by Crippen LogP contribution is 2.29. The highest BCUT2D eigenvalue weighted by atomic mass is 31.1. The zero-order valence-corrected chi connectivity index (χ0v) is 13.8. The second kappa shape index (κ2) is 7.14. The Morgan fingerprint density at radius 2 is 0.864 bits per heavy atom. The van der Waals surface area contributed by atoms with Gasteiger partial charge in [0.25, 0.3) is 0 Å². The van der Waals surface area contributed by atoms with Crippen molar-refractivity contribution >= 4 is 18.4 Å². The van der Waals surface area contributed by atoms with Crippen molar-refractivity contribution < 1.29 is 23.5 Å². The van der Waals surface area contributed by atoms with Crippen molar-refractivity contribution in [1.82, 2.24) is 0 Å². The molecule has 0 aromatic heterocycles. The zero-order valence-electron chi connectivity index (χ0n) is 13.0. The fourth-order valence-electron chi connectivity index (χ4n) is 1.97. The van der Waals surface area contributed by atoms with Crippen molar-refractivity contribution in [2.45, 2.75) is 0 Å². The first-order chi connectivity index (χ1) is 10.6. The van der Waals surface area contributed by atoms with E-state index < -0.39 is 7.80 Å². The molecule has 0 N–H and O–H groups in total. The highest BCUT2D eigenvalue weighted by Gasteiger charge is 2.27. The van der Waals surface area contributed by atoms with E-state index in [1.165, 1.54) is 0 Å². The number of methoxy groups -OCH3 is 4. The smallest absolute Gasteiger partial charge is 0.415 e. The van der Waals surface area contributed by atoms with Gasteiger partial charge in [-0.25, -0.2) is 0 Å². The first-order valence-electron chi connectivity index (χ1n) is 6.54. The fourth-order valence-corrected chi connectivity index (χ4v) is 3.24. The number of benzene rings is 2. The topological polar surface area (TPSA) is 54.0 Å². The molecule has 0 amide bonds. The van der Waals surface area contributed by atoms with Gasteiger partial charge in [0, 0.05) is 36.4 Å². The molecule has 2 aromatic rings. The molecule has 0 fully saturated rings. The van der Waals surface area contributed by atoms with Crippen LogP contribution in [0.3, 0.4) is 0 Å². The Bertz CT molecular complexity index is 582. The van der Waals surface area contributed by atoms with Crippen LogP contribution in [-0.2, 0) is 4.57 Å².